The van der Waals surface area contributed by atoms with Crippen LogP contribution in [0.25, 0.3) is 22.0 Å². The second-order valence-electron chi connectivity index (χ2n) is 4.88. The summed E-state index contributed by atoms with van der Waals surface area (Å²) in [4.78, 5) is 11.4. The molecule has 0 aliphatic heterocycles. The fourth-order valence-corrected chi connectivity index (χ4v) is 2.58. The van der Waals surface area contributed by atoms with Crippen molar-refractivity contribution in [3.63, 3.8) is 0 Å². The van der Waals surface area contributed by atoms with Gasteiger partial charge in [0.2, 0.25) is 0 Å². The third-order valence-electron chi connectivity index (χ3n) is 3.61. The fraction of sp³-hybridized carbons (Fsp3) is 0.118. The van der Waals surface area contributed by atoms with Gasteiger partial charge < -0.3 is 9.67 Å². The smallest absolute Gasteiger partial charge is 0.337 e. The summed E-state index contributed by atoms with van der Waals surface area (Å²) in [6, 6.07) is 11.8. The van der Waals surface area contributed by atoms with Gasteiger partial charge in [-0.05, 0) is 42.3 Å². The van der Waals surface area contributed by atoms with Gasteiger partial charge in [-0.1, -0.05) is 18.2 Å². The number of carbonyl (C=O) groups is 1. The SMILES string of the molecule is CCn1cc(C(=O)O)c2cc(-c3cccc(F)c3)ccc21. The molecule has 3 nitrogen and oxygen atoms in total. The first-order chi connectivity index (χ1) is 10.1. The Morgan fingerprint density at radius 1 is 1.19 bits per heavy atom. The third-order valence-corrected chi connectivity index (χ3v) is 3.61. The predicted molar refractivity (Wildman–Crippen MR) is 80.0 cm³/mol. The number of aromatic nitrogens is 1. The Balaban J connectivity index is 2.24. The molecule has 1 heterocycles. The lowest BCUT2D eigenvalue weighted by Gasteiger charge is -2.04. The van der Waals surface area contributed by atoms with Crippen LogP contribution in [-0.4, -0.2) is 15.6 Å². The van der Waals surface area contributed by atoms with Gasteiger partial charge in [0.05, 0.1) is 5.56 Å². The zero-order valence-corrected chi connectivity index (χ0v) is 11.5. The summed E-state index contributed by atoms with van der Waals surface area (Å²) in [6.07, 6.45) is 1.64. The van der Waals surface area contributed by atoms with E-state index < -0.39 is 5.97 Å². The number of aromatic carboxylic acids is 1. The first kappa shape index (κ1) is 13.4. The highest BCUT2D eigenvalue weighted by atomic mass is 19.1. The highest BCUT2D eigenvalue weighted by molar-refractivity contribution is 6.04. The molecule has 0 fully saturated rings. The molecule has 0 bridgehead atoms. The zero-order chi connectivity index (χ0) is 15.0. The number of aryl methyl sites for hydroxylation is 1. The second kappa shape index (κ2) is 5.05. The predicted octanol–water partition coefficient (Wildman–Crippen LogP) is 4.17. The van der Waals surface area contributed by atoms with Crippen LogP contribution in [0, 0.1) is 5.82 Å². The average molecular weight is 283 g/mol. The number of fused-ring (bicyclic) bond motifs is 1. The number of carboxylic acid groups (broad SMARTS) is 1. The monoisotopic (exact) mass is 283 g/mol. The third kappa shape index (κ3) is 2.29. The molecule has 0 aliphatic carbocycles. The second-order valence-corrected chi connectivity index (χ2v) is 4.88. The van der Waals surface area contributed by atoms with Crippen LogP contribution in [0.3, 0.4) is 0 Å². The lowest BCUT2D eigenvalue weighted by Crippen LogP contribution is -1.94. The number of rotatable bonds is 3. The Morgan fingerprint density at radius 3 is 2.62 bits per heavy atom. The highest BCUT2D eigenvalue weighted by Crippen LogP contribution is 2.28. The number of hydrogen-bond donors (Lipinski definition) is 1. The molecule has 2 aromatic carbocycles. The minimum Gasteiger partial charge on any atom is -0.478 e. The van der Waals surface area contributed by atoms with E-state index in [4.69, 9.17) is 0 Å². The van der Waals surface area contributed by atoms with Gasteiger partial charge in [-0.3, -0.25) is 0 Å². The standard InChI is InChI=1S/C17H14FNO2/c1-2-19-10-15(17(20)21)14-9-12(6-7-16(14)19)11-4-3-5-13(18)8-11/h3-10H,2H2,1H3,(H,20,21). The van der Waals surface area contributed by atoms with E-state index in [0.717, 1.165) is 16.6 Å². The normalized spacial score (nSPS) is 11.0. The lowest BCUT2D eigenvalue weighted by atomic mass is 10.0. The van der Waals surface area contributed by atoms with Gasteiger partial charge >= 0.3 is 5.97 Å². The molecule has 0 aliphatic rings. The Morgan fingerprint density at radius 2 is 1.95 bits per heavy atom. The Bertz CT molecular complexity index is 836. The van der Waals surface area contributed by atoms with Crippen molar-refractivity contribution >= 4 is 16.9 Å². The summed E-state index contributed by atoms with van der Waals surface area (Å²) in [5, 5.41) is 10.00. The zero-order valence-electron chi connectivity index (χ0n) is 11.5. The van der Waals surface area contributed by atoms with E-state index in [1.165, 1.54) is 12.1 Å². The largest absolute Gasteiger partial charge is 0.478 e. The molecule has 0 saturated heterocycles. The fourth-order valence-electron chi connectivity index (χ4n) is 2.58. The van der Waals surface area contributed by atoms with Gasteiger partial charge in [0.1, 0.15) is 5.82 Å². The van der Waals surface area contributed by atoms with Gasteiger partial charge in [0.15, 0.2) is 0 Å². The average Bonchev–Trinajstić information content (AvgIpc) is 2.85. The minimum atomic E-state index is -0.955. The molecule has 3 rings (SSSR count). The van der Waals surface area contributed by atoms with Crippen molar-refractivity contribution in [2.45, 2.75) is 13.5 Å². The number of nitrogens with zero attached hydrogens (tertiary/aromatic N) is 1. The molecule has 0 atom stereocenters. The van der Waals surface area contributed by atoms with Crippen LogP contribution in [-0.2, 0) is 6.54 Å². The van der Waals surface area contributed by atoms with E-state index in [-0.39, 0.29) is 11.4 Å². The number of hydrogen-bond acceptors (Lipinski definition) is 1. The molecular weight excluding hydrogens is 269 g/mol. The van der Waals surface area contributed by atoms with Crippen molar-refractivity contribution in [3.8, 4) is 11.1 Å². The van der Waals surface area contributed by atoms with Gasteiger partial charge in [-0.25, -0.2) is 9.18 Å². The molecule has 0 radical (unpaired) electrons. The summed E-state index contributed by atoms with van der Waals surface area (Å²) in [5.74, 6) is -1.26. The Hall–Kier alpha value is -2.62. The van der Waals surface area contributed by atoms with E-state index in [2.05, 4.69) is 0 Å². The van der Waals surface area contributed by atoms with Crippen LogP contribution in [0.1, 0.15) is 17.3 Å². The Kier molecular flexibility index (Phi) is 3.22. The topological polar surface area (TPSA) is 42.2 Å². The van der Waals surface area contributed by atoms with Gasteiger partial charge in [-0.15, -0.1) is 0 Å². The quantitative estimate of drug-likeness (QED) is 0.784. The molecule has 3 aromatic rings. The van der Waals surface area contributed by atoms with Crippen LogP contribution >= 0.6 is 0 Å². The summed E-state index contributed by atoms with van der Waals surface area (Å²) < 4.78 is 15.2. The van der Waals surface area contributed by atoms with Crippen molar-refractivity contribution in [2.75, 3.05) is 0 Å². The van der Waals surface area contributed by atoms with Crippen molar-refractivity contribution in [2.24, 2.45) is 0 Å². The summed E-state index contributed by atoms with van der Waals surface area (Å²) in [7, 11) is 0. The Labute approximate surface area is 121 Å². The van der Waals surface area contributed by atoms with Gasteiger partial charge in [0.25, 0.3) is 0 Å². The molecule has 0 amide bonds. The van der Waals surface area contributed by atoms with Crippen LogP contribution in [0.5, 0.6) is 0 Å². The number of benzene rings is 2. The number of halogens is 1. The van der Waals surface area contributed by atoms with Crippen molar-refractivity contribution in [3.05, 3.63) is 60.0 Å². The van der Waals surface area contributed by atoms with E-state index in [1.54, 1.807) is 18.3 Å². The van der Waals surface area contributed by atoms with E-state index >= 15 is 0 Å². The molecule has 1 N–H and O–H groups in total. The molecule has 0 spiro atoms. The molecule has 0 saturated carbocycles. The maximum atomic E-state index is 13.3. The molecule has 1 aromatic heterocycles. The van der Waals surface area contributed by atoms with Crippen LogP contribution in [0.15, 0.2) is 48.7 Å². The van der Waals surface area contributed by atoms with Gasteiger partial charge in [-0.2, -0.15) is 0 Å². The van der Waals surface area contributed by atoms with Crippen molar-refractivity contribution < 1.29 is 14.3 Å². The summed E-state index contributed by atoms with van der Waals surface area (Å²) in [6.45, 7) is 2.66. The highest BCUT2D eigenvalue weighted by Gasteiger charge is 2.14. The molecular formula is C17H14FNO2. The molecule has 0 unspecified atom stereocenters. The van der Waals surface area contributed by atoms with Gasteiger partial charge in [0, 0.05) is 23.6 Å². The number of carboxylic acids is 1. The van der Waals surface area contributed by atoms with Crippen molar-refractivity contribution in [1.29, 1.82) is 0 Å². The maximum absolute atomic E-state index is 13.3. The maximum Gasteiger partial charge on any atom is 0.337 e. The van der Waals surface area contributed by atoms with E-state index in [1.807, 2.05) is 29.7 Å². The molecule has 21 heavy (non-hydrogen) atoms. The summed E-state index contributed by atoms with van der Waals surface area (Å²) in [5.41, 5.74) is 2.68. The lowest BCUT2D eigenvalue weighted by molar-refractivity contribution is 0.0699. The minimum absolute atomic E-state index is 0.269. The van der Waals surface area contributed by atoms with Crippen LogP contribution in [0.4, 0.5) is 4.39 Å². The van der Waals surface area contributed by atoms with E-state index in [0.29, 0.717) is 11.9 Å². The summed E-state index contributed by atoms with van der Waals surface area (Å²) >= 11 is 0. The molecule has 106 valence electrons. The van der Waals surface area contributed by atoms with Crippen LogP contribution in [0.2, 0.25) is 0 Å². The first-order valence-electron chi connectivity index (χ1n) is 6.72. The van der Waals surface area contributed by atoms with Crippen molar-refractivity contribution in [1.82, 2.24) is 4.57 Å². The van der Waals surface area contributed by atoms with E-state index in [9.17, 15) is 14.3 Å². The van der Waals surface area contributed by atoms with Crippen LogP contribution < -0.4 is 0 Å². The first-order valence-corrected chi connectivity index (χ1v) is 6.72. The molecule has 4 heteroatoms.